The molecule has 0 aliphatic carbocycles. The van der Waals surface area contributed by atoms with Gasteiger partial charge in [0.1, 0.15) is 18.4 Å². The highest BCUT2D eigenvalue weighted by Gasteiger charge is 2.34. The average Bonchev–Trinajstić information content (AvgIpc) is 2.72. The number of methoxy groups -OCH3 is 1. The number of hydrogen-bond acceptors (Lipinski definition) is 7. The molecule has 0 saturated heterocycles. The van der Waals surface area contributed by atoms with Crippen molar-refractivity contribution < 1.29 is 24.2 Å². The van der Waals surface area contributed by atoms with E-state index in [0.717, 1.165) is 17.6 Å². The molecule has 0 fully saturated rings. The molecule has 1 amide bonds. The molecule has 3 atom stereocenters. The van der Waals surface area contributed by atoms with Crippen molar-refractivity contribution in [3.8, 4) is 0 Å². The van der Waals surface area contributed by atoms with E-state index in [1.54, 1.807) is 11.8 Å². The van der Waals surface area contributed by atoms with Crippen molar-refractivity contribution in [1.82, 2.24) is 10.6 Å². The lowest BCUT2D eigenvalue weighted by Gasteiger charge is -2.33. The molecule has 0 heterocycles. The molecule has 3 unspecified atom stereocenters. The summed E-state index contributed by atoms with van der Waals surface area (Å²) in [5, 5.41) is 16.0. The predicted molar refractivity (Wildman–Crippen MR) is 116 cm³/mol. The summed E-state index contributed by atoms with van der Waals surface area (Å²) in [6.45, 7) is 4.24. The van der Waals surface area contributed by atoms with Crippen molar-refractivity contribution in [3.05, 3.63) is 35.9 Å². The van der Waals surface area contributed by atoms with Crippen LogP contribution in [0.15, 0.2) is 30.3 Å². The highest BCUT2D eigenvalue weighted by atomic mass is 32.2. The van der Waals surface area contributed by atoms with E-state index >= 15 is 0 Å². The Balaban J connectivity index is 2.79. The molecule has 29 heavy (non-hydrogen) atoms. The molecule has 0 aliphatic rings. The minimum absolute atomic E-state index is 0.120. The van der Waals surface area contributed by atoms with Gasteiger partial charge in [-0.3, -0.25) is 0 Å². The second-order valence-electron chi connectivity index (χ2n) is 7.45. The smallest absolute Gasteiger partial charge is 0.408 e. The van der Waals surface area contributed by atoms with Crippen LogP contribution in [0, 0.1) is 5.92 Å². The summed E-state index contributed by atoms with van der Waals surface area (Å²) < 4.78 is 10.3. The van der Waals surface area contributed by atoms with Crippen LogP contribution >= 0.6 is 11.8 Å². The van der Waals surface area contributed by atoms with Gasteiger partial charge in [0.2, 0.25) is 0 Å². The fraction of sp³-hybridized carbons (Fsp3) is 0.619. The molecule has 1 aromatic carbocycles. The highest BCUT2D eigenvalue weighted by Crippen LogP contribution is 2.17. The van der Waals surface area contributed by atoms with E-state index in [-0.39, 0.29) is 25.1 Å². The van der Waals surface area contributed by atoms with E-state index in [2.05, 4.69) is 10.6 Å². The second-order valence-corrected chi connectivity index (χ2v) is 8.44. The molecule has 1 aromatic rings. The Bertz CT molecular complexity index is 602. The first-order valence-corrected chi connectivity index (χ1v) is 11.1. The fourth-order valence-corrected chi connectivity index (χ4v) is 3.53. The van der Waals surface area contributed by atoms with Crippen LogP contribution in [0.2, 0.25) is 0 Å². The molecule has 0 saturated carbocycles. The van der Waals surface area contributed by atoms with Crippen LogP contribution in [0.1, 0.15) is 32.3 Å². The first-order chi connectivity index (χ1) is 13.9. The maximum Gasteiger partial charge on any atom is 0.408 e. The third kappa shape index (κ3) is 9.62. The zero-order valence-electron chi connectivity index (χ0n) is 17.7. The van der Waals surface area contributed by atoms with Crippen molar-refractivity contribution in [1.29, 1.82) is 0 Å². The standard InChI is InChI=1S/C21H34N2O5S/c1-16(2)12-21(15-24,14-22-18(10-11-29-4)19(25)27-3)23-20(26)28-13-17-8-6-5-7-9-17/h5-9,15-16,18-19,22,25H,10-14H2,1-4H3,(H,23,26). The maximum atomic E-state index is 12.4. The Kier molecular flexibility index (Phi) is 11.9. The van der Waals surface area contributed by atoms with E-state index in [1.165, 1.54) is 7.11 Å². The number of amides is 1. The average molecular weight is 427 g/mol. The van der Waals surface area contributed by atoms with Crippen molar-refractivity contribution >= 4 is 24.1 Å². The number of rotatable bonds is 14. The second kappa shape index (κ2) is 13.6. The molecular formula is C21H34N2O5S. The third-order valence-corrected chi connectivity index (χ3v) is 5.10. The van der Waals surface area contributed by atoms with Crippen molar-refractivity contribution in [3.63, 3.8) is 0 Å². The number of benzene rings is 1. The van der Waals surface area contributed by atoms with Gasteiger partial charge in [-0.2, -0.15) is 11.8 Å². The van der Waals surface area contributed by atoms with Gasteiger partial charge in [0.25, 0.3) is 0 Å². The summed E-state index contributed by atoms with van der Waals surface area (Å²) in [5.74, 6) is 0.983. The summed E-state index contributed by atoms with van der Waals surface area (Å²) in [4.78, 5) is 24.4. The Morgan fingerprint density at radius 2 is 2.00 bits per heavy atom. The first kappa shape index (κ1) is 25.4. The number of alkyl carbamates (subject to hydrolysis) is 1. The fourth-order valence-electron chi connectivity index (χ4n) is 3.05. The Morgan fingerprint density at radius 3 is 2.55 bits per heavy atom. The summed E-state index contributed by atoms with van der Waals surface area (Å²) in [6, 6.07) is 8.98. The van der Waals surface area contributed by atoms with Crippen LogP contribution in [-0.2, 0) is 20.9 Å². The summed E-state index contributed by atoms with van der Waals surface area (Å²) in [7, 11) is 1.43. The van der Waals surface area contributed by atoms with E-state index in [9.17, 15) is 14.7 Å². The molecule has 1 rings (SSSR count). The van der Waals surface area contributed by atoms with Crippen LogP contribution in [0.3, 0.4) is 0 Å². The monoisotopic (exact) mass is 426 g/mol. The van der Waals surface area contributed by atoms with Crippen LogP contribution in [-0.4, -0.2) is 61.0 Å². The van der Waals surface area contributed by atoms with Crippen molar-refractivity contribution in [2.24, 2.45) is 5.92 Å². The molecule has 0 aromatic heterocycles. The van der Waals surface area contributed by atoms with Crippen LogP contribution in [0.4, 0.5) is 4.79 Å². The van der Waals surface area contributed by atoms with Gasteiger partial charge in [-0.05, 0) is 36.3 Å². The van der Waals surface area contributed by atoms with E-state index in [4.69, 9.17) is 9.47 Å². The van der Waals surface area contributed by atoms with Crippen LogP contribution in [0.25, 0.3) is 0 Å². The van der Waals surface area contributed by atoms with E-state index in [1.807, 2.05) is 50.4 Å². The van der Waals surface area contributed by atoms with Crippen LogP contribution in [0.5, 0.6) is 0 Å². The number of carbonyl (C=O) groups is 2. The quantitative estimate of drug-likeness (QED) is 0.311. The molecule has 0 spiro atoms. The molecule has 8 heteroatoms. The molecule has 0 radical (unpaired) electrons. The minimum Gasteiger partial charge on any atom is -0.445 e. The summed E-state index contributed by atoms with van der Waals surface area (Å²) in [5.41, 5.74) is -0.283. The maximum absolute atomic E-state index is 12.4. The van der Waals surface area contributed by atoms with Gasteiger partial charge < -0.3 is 30.0 Å². The van der Waals surface area contributed by atoms with Gasteiger partial charge in [-0.1, -0.05) is 44.2 Å². The van der Waals surface area contributed by atoms with E-state index in [0.29, 0.717) is 12.8 Å². The molecule has 0 aliphatic heterocycles. The van der Waals surface area contributed by atoms with E-state index < -0.39 is 17.9 Å². The number of aliphatic hydroxyl groups is 1. The Labute approximate surface area is 177 Å². The lowest BCUT2D eigenvalue weighted by molar-refractivity contribution is -0.115. The summed E-state index contributed by atoms with van der Waals surface area (Å²) in [6.07, 6.45) is 2.16. The van der Waals surface area contributed by atoms with Gasteiger partial charge in [0.05, 0.1) is 6.04 Å². The molecule has 0 bridgehead atoms. The van der Waals surface area contributed by atoms with Crippen molar-refractivity contribution in [2.75, 3.05) is 25.7 Å². The largest absolute Gasteiger partial charge is 0.445 e. The Morgan fingerprint density at radius 1 is 1.31 bits per heavy atom. The molecule has 164 valence electrons. The summed E-state index contributed by atoms with van der Waals surface area (Å²) >= 11 is 1.66. The lowest BCUT2D eigenvalue weighted by Crippen LogP contribution is -2.59. The number of carbonyl (C=O) groups excluding carboxylic acids is 2. The molecular weight excluding hydrogens is 392 g/mol. The molecule has 7 nitrogen and oxygen atoms in total. The molecule has 3 N–H and O–H groups in total. The lowest BCUT2D eigenvalue weighted by atomic mass is 9.89. The zero-order chi connectivity index (χ0) is 21.7. The minimum atomic E-state index is -1.15. The number of nitrogens with one attached hydrogen (secondary N) is 2. The topological polar surface area (TPSA) is 96.9 Å². The van der Waals surface area contributed by atoms with Gasteiger partial charge in [0, 0.05) is 13.7 Å². The predicted octanol–water partition coefficient (Wildman–Crippen LogP) is 2.57. The number of hydrogen-bond donors (Lipinski definition) is 3. The number of aldehydes is 1. The van der Waals surface area contributed by atoms with Gasteiger partial charge >= 0.3 is 6.09 Å². The number of aliphatic hydroxyl groups excluding tert-OH is 1. The van der Waals surface area contributed by atoms with Crippen molar-refractivity contribution in [2.45, 2.75) is 51.2 Å². The Hall–Kier alpha value is -1.61. The van der Waals surface area contributed by atoms with Gasteiger partial charge in [-0.15, -0.1) is 0 Å². The van der Waals surface area contributed by atoms with Gasteiger partial charge in [0.15, 0.2) is 6.29 Å². The van der Waals surface area contributed by atoms with Gasteiger partial charge in [-0.25, -0.2) is 4.79 Å². The highest BCUT2D eigenvalue weighted by molar-refractivity contribution is 7.98. The van der Waals surface area contributed by atoms with Crippen LogP contribution < -0.4 is 10.6 Å². The zero-order valence-corrected chi connectivity index (χ0v) is 18.5. The SMILES string of the molecule is COC(O)C(CCSC)NCC(C=O)(CC(C)C)NC(=O)OCc1ccccc1. The first-order valence-electron chi connectivity index (χ1n) is 9.74. The number of thioether (sulfide) groups is 1. The third-order valence-electron chi connectivity index (χ3n) is 4.46. The number of ether oxygens (including phenoxy) is 2. The normalized spacial score (nSPS) is 15.4.